The van der Waals surface area contributed by atoms with E-state index in [4.69, 9.17) is 5.73 Å². The summed E-state index contributed by atoms with van der Waals surface area (Å²) in [7, 11) is 0. The van der Waals surface area contributed by atoms with E-state index in [1.165, 1.54) is 6.07 Å². The van der Waals surface area contributed by atoms with Crippen LogP contribution in [0.1, 0.15) is 18.4 Å². The van der Waals surface area contributed by atoms with Gasteiger partial charge in [0.25, 0.3) is 0 Å². The highest BCUT2D eigenvalue weighted by atomic mass is 19.1. The molecule has 82 valence electrons. The Labute approximate surface area is 89.9 Å². The van der Waals surface area contributed by atoms with Gasteiger partial charge >= 0.3 is 0 Å². The molecule has 15 heavy (non-hydrogen) atoms. The highest BCUT2D eigenvalue weighted by molar-refractivity contribution is 5.53. The molecular formula is C12H17FN2. The Kier molecular flexibility index (Phi) is 2.91. The van der Waals surface area contributed by atoms with Crippen molar-refractivity contribution < 1.29 is 4.39 Å². The van der Waals surface area contributed by atoms with Gasteiger partial charge in [0, 0.05) is 24.8 Å². The van der Waals surface area contributed by atoms with Crippen molar-refractivity contribution in [3.63, 3.8) is 0 Å². The van der Waals surface area contributed by atoms with E-state index in [1.807, 2.05) is 13.0 Å². The predicted octanol–water partition coefficient (Wildman–Crippen LogP) is 2.06. The maximum Gasteiger partial charge on any atom is 0.123 e. The molecule has 1 aliphatic heterocycles. The van der Waals surface area contributed by atoms with Gasteiger partial charge in [0.15, 0.2) is 0 Å². The van der Waals surface area contributed by atoms with Gasteiger partial charge in [0.05, 0.1) is 0 Å². The summed E-state index contributed by atoms with van der Waals surface area (Å²) in [5.41, 5.74) is 8.03. The largest absolute Gasteiger partial charge is 0.370 e. The van der Waals surface area contributed by atoms with Crippen molar-refractivity contribution in [3.8, 4) is 0 Å². The quantitative estimate of drug-likeness (QED) is 0.765. The third kappa shape index (κ3) is 2.29. The molecule has 0 aromatic heterocycles. The number of piperidine rings is 1. The fourth-order valence-electron chi connectivity index (χ4n) is 2.20. The van der Waals surface area contributed by atoms with Crippen LogP contribution in [0, 0.1) is 12.7 Å². The van der Waals surface area contributed by atoms with Gasteiger partial charge in [0.1, 0.15) is 5.82 Å². The zero-order valence-corrected chi connectivity index (χ0v) is 9.04. The minimum absolute atomic E-state index is 0.169. The van der Waals surface area contributed by atoms with E-state index >= 15 is 0 Å². The van der Waals surface area contributed by atoms with Gasteiger partial charge < -0.3 is 10.6 Å². The maximum absolute atomic E-state index is 12.9. The Morgan fingerprint density at radius 1 is 1.47 bits per heavy atom. The lowest BCUT2D eigenvalue weighted by Crippen LogP contribution is -2.43. The van der Waals surface area contributed by atoms with Gasteiger partial charge in [-0.1, -0.05) is 0 Å². The molecule has 0 amide bonds. The Morgan fingerprint density at radius 2 is 2.27 bits per heavy atom. The van der Waals surface area contributed by atoms with Gasteiger partial charge in [-0.15, -0.1) is 0 Å². The molecule has 1 aliphatic rings. The number of hydrogen-bond acceptors (Lipinski definition) is 2. The molecule has 0 saturated carbocycles. The molecular weight excluding hydrogens is 191 g/mol. The summed E-state index contributed by atoms with van der Waals surface area (Å²) in [6, 6.07) is 5.20. The van der Waals surface area contributed by atoms with Gasteiger partial charge in [0.2, 0.25) is 0 Å². The van der Waals surface area contributed by atoms with Crippen LogP contribution in [0.25, 0.3) is 0 Å². The first kappa shape index (κ1) is 10.4. The van der Waals surface area contributed by atoms with Crippen molar-refractivity contribution in [2.75, 3.05) is 18.0 Å². The zero-order chi connectivity index (χ0) is 10.8. The van der Waals surface area contributed by atoms with Crippen LogP contribution >= 0.6 is 0 Å². The molecule has 3 heteroatoms. The number of hydrogen-bond donors (Lipinski definition) is 1. The number of nitrogens with zero attached hydrogens (tertiary/aromatic N) is 1. The van der Waals surface area contributed by atoms with E-state index in [0.29, 0.717) is 0 Å². The number of nitrogens with two attached hydrogens (primary N) is 1. The van der Waals surface area contributed by atoms with Crippen molar-refractivity contribution in [1.29, 1.82) is 0 Å². The molecule has 2 N–H and O–H groups in total. The average Bonchev–Trinajstić information content (AvgIpc) is 2.17. The monoisotopic (exact) mass is 208 g/mol. The van der Waals surface area contributed by atoms with E-state index in [2.05, 4.69) is 4.90 Å². The number of halogens is 1. The molecule has 1 aromatic carbocycles. The third-order valence-corrected chi connectivity index (χ3v) is 2.96. The summed E-state index contributed by atoms with van der Waals surface area (Å²) in [6.45, 7) is 3.85. The fraction of sp³-hybridized carbons (Fsp3) is 0.500. The van der Waals surface area contributed by atoms with E-state index < -0.39 is 0 Å². The fourth-order valence-corrected chi connectivity index (χ4v) is 2.20. The molecule has 1 heterocycles. The van der Waals surface area contributed by atoms with Crippen LogP contribution in [0.15, 0.2) is 18.2 Å². The van der Waals surface area contributed by atoms with Crippen LogP contribution in [0.2, 0.25) is 0 Å². The van der Waals surface area contributed by atoms with Crippen LogP contribution in [-0.4, -0.2) is 19.1 Å². The lowest BCUT2D eigenvalue weighted by atomic mass is 10.0. The molecule has 0 bridgehead atoms. The molecule has 0 spiro atoms. The molecule has 1 atom stereocenters. The molecule has 1 fully saturated rings. The molecule has 1 unspecified atom stereocenters. The van der Waals surface area contributed by atoms with Crippen LogP contribution in [0.5, 0.6) is 0 Å². The topological polar surface area (TPSA) is 29.3 Å². The standard InChI is InChI=1S/C12H17FN2/c1-9-7-10(13)4-5-12(9)15-6-2-3-11(14)8-15/h4-5,7,11H,2-3,6,8,14H2,1H3. The first-order valence-corrected chi connectivity index (χ1v) is 5.43. The van der Waals surface area contributed by atoms with Gasteiger partial charge in [-0.05, 0) is 43.5 Å². The van der Waals surface area contributed by atoms with Crippen LogP contribution in [0.3, 0.4) is 0 Å². The molecule has 2 nitrogen and oxygen atoms in total. The van der Waals surface area contributed by atoms with Crippen molar-refractivity contribution >= 4 is 5.69 Å². The van der Waals surface area contributed by atoms with Gasteiger partial charge in [-0.3, -0.25) is 0 Å². The summed E-state index contributed by atoms with van der Waals surface area (Å²) in [6.07, 6.45) is 2.22. The third-order valence-electron chi connectivity index (χ3n) is 2.96. The second kappa shape index (κ2) is 4.19. The second-order valence-corrected chi connectivity index (χ2v) is 4.28. The Bertz CT molecular complexity index is 351. The number of aryl methyl sites for hydroxylation is 1. The molecule has 2 rings (SSSR count). The highest BCUT2D eigenvalue weighted by Gasteiger charge is 2.18. The summed E-state index contributed by atoms with van der Waals surface area (Å²) in [4.78, 5) is 2.25. The van der Waals surface area contributed by atoms with Crippen LogP contribution in [-0.2, 0) is 0 Å². The van der Waals surface area contributed by atoms with Gasteiger partial charge in [-0.2, -0.15) is 0 Å². The number of benzene rings is 1. The van der Waals surface area contributed by atoms with Crippen LogP contribution in [0.4, 0.5) is 10.1 Å². The number of rotatable bonds is 1. The Morgan fingerprint density at radius 3 is 2.93 bits per heavy atom. The lowest BCUT2D eigenvalue weighted by Gasteiger charge is -2.33. The average molecular weight is 208 g/mol. The SMILES string of the molecule is Cc1cc(F)ccc1N1CCCC(N)C1. The second-order valence-electron chi connectivity index (χ2n) is 4.28. The summed E-state index contributed by atoms with van der Waals surface area (Å²) in [5, 5.41) is 0. The first-order chi connectivity index (χ1) is 7.16. The highest BCUT2D eigenvalue weighted by Crippen LogP contribution is 2.23. The zero-order valence-electron chi connectivity index (χ0n) is 9.04. The van der Waals surface area contributed by atoms with Crippen LogP contribution < -0.4 is 10.6 Å². The smallest absolute Gasteiger partial charge is 0.123 e. The lowest BCUT2D eigenvalue weighted by molar-refractivity contribution is 0.505. The molecule has 0 aliphatic carbocycles. The van der Waals surface area contributed by atoms with E-state index in [-0.39, 0.29) is 11.9 Å². The summed E-state index contributed by atoms with van der Waals surface area (Å²) < 4.78 is 12.9. The Hall–Kier alpha value is -1.09. The summed E-state index contributed by atoms with van der Waals surface area (Å²) >= 11 is 0. The molecule has 1 aromatic rings. The minimum Gasteiger partial charge on any atom is -0.370 e. The predicted molar refractivity (Wildman–Crippen MR) is 60.6 cm³/mol. The molecule has 0 radical (unpaired) electrons. The van der Waals surface area contributed by atoms with Gasteiger partial charge in [-0.25, -0.2) is 4.39 Å². The maximum atomic E-state index is 12.9. The number of anilines is 1. The van der Waals surface area contributed by atoms with Crippen molar-refractivity contribution in [3.05, 3.63) is 29.6 Å². The normalized spacial score (nSPS) is 21.8. The van der Waals surface area contributed by atoms with Crippen molar-refractivity contribution in [2.45, 2.75) is 25.8 Å². The molecule has 1 saturated heterocycles. The van der Waals surface area contributed by atoms with Crippen molar-refractivity contribution in [1.82, 2.24) is 0 Å². The van der Waals surface area contributed by atoms with E-state index in [9.17, 15) is 4.39 Å². The Balaban J connectivity index is 2.21. The minimum atomic E-state index is -0.169. The first-order valence-electron chi connectivity index (χ1n) is 5.43. The summed E-state index contributed by atoms with van der Waals surface area (Å²) in [5.74, 6) is -0.169. The van der Waals surface area contributed by atoms with E-state index in [0.717, 1.165) is 37.2 Å². The van der Waals surface area contributed by atoms with E-state index in [1.54, 1.807) is 6.07 Å². The van der Waals surface area contributed by atoms with Crippen molar-refractivity contribution in [2.24, 2.45) is 5.73 Å².